The van der Waals surface area contributed by atoms with Crippen molar-refractivity contribution in [2.24, 2.45) is 0 Å². The second-order valence-corrected chi connectivity index (χ2v) is 4.52. The second kappa shape index (κ2) is 6.58. The van der Waals surface area contributed by atoms with Gasteiger partial charge in [-0.05, 0) is 18.1 Å². The maximum Gasteiger partial charge on any atom is 0.270 e. The third-order valence-corrected chi connectivity index (χ3v) is 2.88. The molecule has 18 heavy (non-hydrogen) atoms. The summed E-state index contributed by atoms with van der Waals surface area (Å²) < 4.78 is 0. The monoisotopic (exact) mass is 317 g/mol. The molecule has 1 aromatic rings. The predicted octanol–water partition coefficient (Wildman–Crippen LogP) is 1.59. The molecule has 6 nitrogen and oxygen atoms in total. The minimum Gasteiger partial charge on any atom is -0.390 e. The number of benzene rings is 1. The maximum atomic E-state index is 10.7. The van der Waals surface area contributed by atoms with Gasteiger partial charge in [0.1, 0.15) is 12.4 Å². The highest BCUT2D eigenvalue weighted by atomic mass is 79.9. The second-order valence-electron chi connectivity index (χ2n) is 3.72. The number of aliphatic hydroxyl groups excluding tert-OH is 2. The van der Waals surface area contributed by atoms with Gasteiger partial charge in [0.25, 0.3) is 5.69 Å². The summed E-state index contributed by atoms with van der Waals surface area (Å²) in [4.78, 5) is 20.7. The number of non-ortho nitro benzene ring substituents is 1. The first-order valence-electron chi connectivity index (χ1n) is 5.16. The van der Waals surface area contributed by atoms with Crippen LogP contribution < -0.4 is 0 Å². The number of hydrogen-bond acceptors (Lipinski definition) is 5. The van der Waals surface area contributed by atoms with Crippen LogP contribution in [-0.2, 0) is 0 Å². The molecule has 2 atom stereocenters. The zero-order chi connectivity index (χ0) is 13.7. The van der Waals surface area contributed by atoms with E-state index in [4.69, 9.17) is 0 Å². The summed E-state index contributed by atoms with van der Waals surface area (Å²) in [7, 11) is 0. The molecule has 0 amide bonds. The molecule has 2 N–H and O–H groups in total. The lowest BCUT2D eigenvalue weighted by molar-refractivity contribution is -0.385. The molecular weight excluding hydrogens is 306 g/mol. The van der Waals surface area contributed by atoms with Gasteiger partial charge in [-0.15, -0.1) is 0 Å². The third-order valence-electron chi connectivity index (χ3n) is 2.42. The Morgan fingerprint density at radius 1 is 1.39 bits per heavy atom. The quantitative estimate of drug-likeness (QED) is 0.359. The van der Waals surface area contributed by atoms with Gasteiger partial charge in [-0.1, -0.05) is 15.9 Å². The Kier molecular flexibility index (Phi) is 5.39. The van der Waals surface area contributed by atoms with Gasteiger partial charge in [-0.3, -0.25) is 14.9 Å². The lowest BCUT2D eigenvalue weighted by Gasteiger charge is -2.17. The molecule has 1 rings (SSSR count). The smallest absolute Gasteiger partial charge is 0.270 e. The van der Waals surface area contributed by atoms with Gasteiger partial charge in [-0.25, -0.2) is 0 Å². The average molecular weight is 318 g/mol. The summed E-state index contributed by atoms with van der Waals surface area (Å²) in [5, 5.41) is 30.6. The normalized spacial score (nSPS) is 13.9. The van der Waals surface area contributed by atoms with Crippen LogP contribution >= 0.6 is 15.9 Å². The summed E-state index contributed by atoms with van der Waals surface area (Å²) in [6, 6.07) is 3.58. The molecule has 0 aromatic heterocycles. The molecule has 1 aromatic carbocycles. The number of carbonyl (C=O) groups is 1. The molecule has 98 valence electrons. The topological polar surface area (TPSA) is 101 Å². The number of rotatable bonds is 6. The highest BCUT2D eigenvalue weighted by molar-refractivity contribution is 9.09. The Balaban J connectivity index is 3.11. The number of alkyl halides is 1. The van der Waals surface area contributed by atoms with Crippen LogP contribution in [0, 0.1) is 10.1 Å². The fourth-order valence-corrected chi connectivity index (χ4v) is 1.96. The molecule has 0 heterocycles. The number of nitro groups is 1. The number of aliphatic hydroxyl groups is 2. The van der Waals surface area contributed by atoms with E-state index in [9.17, 15) is 25.1 Å². The van der Waals surface area contributed by atoms with E-state index in [0.29, 0.717) is 18.0 Å². The molecule has 2 unspecified atom stereocenters. The molecule has 0 aliphatic rings. The van der Waals surface area contributed by atoms with Crippen molar-refractivity contribution in [1.29, 1.82) is 0 Å². The van der Waals surface area contributed by atoms with Crippen molar-refractivity contribution in [1.82, 2.24) is 0 Å². The first kappa shape index (κ1) is 14.7. The molecule has 0 fully saturated rings. The first-order valence-corrected chi connectivity index (χ1v) is 6.28. The van der Waals surface area contributed by atoms with Crippen molar-refractivity contribution in [2.45, 2.75) is 18.6 Å². The van der Waals surface area contributed by atoms with Crippen LogP contribution in [0.1, 0.15) is 28.4 Å². The van der Waals surface area contributed by atoms with Crippen LogP contribution in [0.25, 0.3) is 0 Å². The molecule has 0 saturated heterocycles. The predicted molar refractivity (Wildman–Crippen MR) is 67.9 cm³/mol. The number of hydrogen-bond donors (Lipinski definition) is 2. The van der Waals surface area contributed by atoms with E-state index < -0.39 is 17.1 Å². The number of aldehydes is 1. The number of nitrogens with zero attached hydrogens (tertiary/aromatic N) is 1. The standard InChI is InChI=1S/C11H12BrNO5/c12-2-1-10(15)11(16)8-3-7(6-14)4-9(5-8)13(17)18/h3-6,10-11,15-16H,1-2H2. The van der Waals surface area contributed by atoms with Crippen LogP contribution in [0.5, 0.6) is 0 Å². The van der Waals surface area contributed by atoms with Crippen molar-refractivity contribution in [3.63, 3.8) is 0 Å². The van der Waals surface area contributed by atoms with Crippen molar-refractivity contribution in [3.8, 4) is 0 Å². The van der Waals surface area contributed by atoms with Crippen LogP contribution in [-0.4, -0.2) is 32.9 Å². The van der Waals surface area contributed by atoms with E-state index >= 15 is 0 Å². The Bertz CT molecular complexity index is 451. The Morgan fingerprint density at radius 2 is 2.06 bits per heavy atom. The highest BCUT2D eigenvalue weighted by Gasteiger charge is 2.21. The SMILES string of the molecule is O=Cc1cc(C(O)C(O)CCBr)cc([N+](=O)[O-])c1. The van der Waals surface area contributed by atoms with Crippen LogP contribution in [0.3, 0.4) is 0 Å². The van der Waals surface area contributed by atoms with E-state index in [1.807, 2.05) is 0 Å². The molecule has 0 saturated carbocycles. The third kappa shape index (κ3) is 3.59. The fourth-order valence-electron chi connectivity index (χ4n) is 1.49. The largest absolute Gasteiger partial charge is 0.390 e. The molecule has 0 aliphatic heterocycles. The van der Waals surface area contributed by atoms with Crippen molar-refractivity contribution in [2.75, 3.05) is 5.33 Å². The zero-order valence-corrected chi connectivity index (χ0v) is 10.9. The number of carbonyl (C=O) groups excluding carboxylic acids is 1. The first-order chi connectivity index (χ1) is 8.49. The van der Waals surface area contributed by atoms with Gasteiger partial charge in [0.05, 0.1) is 11.0 Å². The summed E-state index contributed by atoms with van der Waals surface area (Å²) in [6.07, 6.45) is -1.56. The van der Waals surface area contributed by atoms with Crippen LogP contribution in [0.4, 0.5) is 5.69 Å². The minimum absolute atomic E-state index is 0.0873. The lowest BCUT2D eigenvalue weighted by atomic mass is 10.00. The van der Waals surface area contributed by atoms with Crippen molar-refractivity contribution >= 4 is 27.9 Å². The highest BCUT2D eigenvalue weighted by Crippen LogP contribution is 2.25. The van der Waals surface area contributed by atoms with Crippen LogP contribution in [0.2, 0.25) is 0 Å². The molecule has 7 heteroatoms. The van der Waals surface area contributed by atoms with Gasteiger partial charge >= 0.3 is 0 Å². The Labute approximate surface area is 112 Å². The Morgan fingerprint density at radius 3 is 2.56 bits per heavy atom. The minimum atomic E-state index is -1.26. The van der Waals surface area contributed by atoms with Gasteiger partial charge in [-0.2, -0.15) is 0 Å². The molecule has 0 spiro atoms. The summed E-state index contributed by atoms with van der Waals surface area (Å²) in [6.45, 7) is 0. The van der Waals surface area contributed by atoms with E-state index in [2.05, 4.69) is 15.9 Å². The summed E-state index contributed by atoms with van der Waals surface area (Å²) >= 11 is 3.12. The van der Waals surface area contributed by atoms with Gasteiger partial charge in [0.15, 0.2) is 0 Å². The Hall–Kier alpha value is -1.31. The average Bonchev–Trinajstić information content (AvgIpc) is 2.37. The summed E-state index contributed by atoms with van der Waals surface area (Å²) in [5.41, 5.74) is -0.0521. The van der Waals surface area contributed by atoms with E-state index in [-0.39, 0.29) is 16.8 Å². The number of nitro benzene ring substituents is 1. The van der Waals surface area contributed by atoms with Crippen molar-refractivity contribution in [3.05, 3.63) is 39.4 Å². The molecule has 0 aliphatic carbocycles. The van der Waals surface area contributed by atoms with E-state index in [0.717, 1.165) is 12.1 Å². The molecule has 0 bridgehead atoms. The van der Waals surface area contributed by atoms with Crippen LogP contribution in [0.15, 0.2) is 18.2 Å². The van der Waals surface area contributed by atoms with Gasteiger partial charge in [0.2, 0.25) is 0 Å². The maximum absolute atomic E-state index is 10.7. The summed E-state index contributed by atoms with van der Waals surface area (Å²) in [5.74, 6) is 0. The zero-order valence-electron chi connectivity index (χ0n) is 9.32. The lowest BCUT2D eigenvalue weighted by Crippen LogP contribution is -2.19. The van der Waals surface area contributed by atoms with Gasteiger partial charge in [0, 0.05) is 23.0 Å². The fraction of sp³-hybridized carbons (Fsp3) is 0.364. The molecular formula is C11H12BrNO5. The van der Waals surface area contributed by atoms with Gasteiger partial charge < -0.3 is 10.2 Å². The molecule has 0 radical (unpaired) electrons. The van der Waals surface area contributed by atoms with Crippen molar-refractivity contribution < 1.29 is 19.9 Å². The van der Waals surface area contributed by atoms with E-state index in [1.54, 1.807) is 0 Å². The van der Waals surface area contributed by atoms with E-state index in [1.165, 1.54) is 6.07 Å². The number of halogens is 1.